The molecular formula is C19H23ClN2O3. The van der Waals surface area contributed by atoms with Gasteiger partial charge in [-0.25, -0.2) is 0 Å². The Bertz CT molecular complexity index is 700. The summed E-state index contributed by atoms with van der Waals surface area (Å²) in [5, 5.41) is 2.80. The second-order valence-corrected chi connectivity index (χ2v) is 5.65. The maximum atomic E-state index is 12.2. The molecular weight excluding hydrogens is 340 g/mol. The van der Waals surface area contributed by atoms with E-state index in [-0.39, 0.29) is 24.3 Å². The maximum absolute atomic E-state index is 12.2. The van der Waals surface area contributed by atoms with Gasteiger partial charge in [0, 0.05) is 12.1 Å². The van der Waals surface area contributed by atoms with Crippen molar-refractivity contribution in [3.8, 4) is 0 Å². The molecule has 1 amide bonds. The highest BCUT2D eigenvalue weighted by molar-refractivity contribution is 5.95. The van der Waals surface area contributed by atoms with E-state index < -0.39 is 6.04 Å². The smallest absolute Gasteiger partial charge is 0.305 e. The fourth-order valence-corrected chi connectivity index (χ4v) is 2.25. The highest BCUT2D eigenvalue weighted by Crippen LogP contribution is 2.16. The number of rotatable bonds is 6. The fourth-order valence-electron chi connectivity index (χ4n) is 2.25. The lowest BCUT2D eigenvalue weighted by molar-refractivity contribution is -0.140. The van der Waals surface area contributed by atoms with E-state index in [0.717, 1.165) is 16.7 Å². The Morgan fingerprint density at radius 2 is 1.68 bits per heavy atom. The molecule has 1 atom stereocenters. The van der Waals surface area contributed by atoms with Crippen LogP contribution in [0.3, 0.4) is 0 Å². The number of methoxy groups -OCH3 is 1. The zero-order valence-electron chi connectivity index (χ0n) is 14.3. The number of halogens is 1. The number of carbonyl (C=O) groups excluding carboxylic acids is 2. The second-order valence-electron chi connectivity index (χ2n) is 5.65. The third-order valence-electron chi connectivity index (χ3n) is 3.79. The maximum Gasteiger partial charge on any atom is 0.305 e. The summed E-state index contributed by atoms with van der Waals surface area (Å²) in [6.07, 6.45) is 0.935. The monoisotopic (exact) mass is 362 g/mol. The lowest BCUT2D eigenvalue weighted by Crippen LogP contribution is -2.27. The number of anilines is 1. The predicted octanol–water partition coefficient (Wildman–Crippen LogP) is 3.16. The first-order valence-corrected chi connectivity index (χ1v) is 7.78. The summed E-state index contributed by atoms with van der Waals surface area (Å²) in [5.41, 5.74) is 9.56. The van der Waals surface area contributed by atoms with Crippen molar-refractivity contribution < 1.29 is 14.3 Å². The molecule has 0 aromatic heterocycles. The standard InChI is InChI=1S/C19H22N2O3.ClH/c1-13-3-8-15(9-4-13)18(20)19(23)21-16-10-5-14(6-11-16)7-12-17(22)24-2;/h3-6,8-11,18H,7,12,20H2,1-2H3,(H,21,23);1H. The summed E-state index contributed by atoms with van der Waals surface area (Å²) < 4.78 is 4.61. The summed E-state index contributed by atoms with van der Waals surface area (Å²) in [4.78, 5) is 23.4. The minimum absolute atomic E-state index is 0. The summed E-state index contributed by atoms with van der Waals surface area (Å²) in [5.74, 6) is -0.502. The number of esters is 1. The van der Waals surface area contributed by atoms with Gasteiger partial charge in [0.1, 0.15) is 6.04 Å². The number of carbonyl (C=O) groups is 2. The molecule has 0 heterocycles. The molecule has 2 aromatic carbocycles. The molecule has 0 radical (unpaired) electrons. The van der Waals surface area contributed by atoms with Crippen LogP contribution in [-0.2, 0) is 20.7 Å². The van der Waals surface area contributed by atoms with Crippen LogP contribution in [-0.4, -0.2) is 19.0 Å². The van der Waals surface area contributed by atoms with E-state index in [0.29, 0.717) is 18.5 Å². The first kappa shape index (κ1) is 20.7. The molecule has 6 heteroatoms. The first-order chi connectivity index (χ1) is 11.5. The fraction of sp³-hybridized carbons (Fsp3) is 0.263. The Labute approximate surface area is 154 Å². The molecule has 5 nitrogen and oxygen atoms in total. The van der Waals surface area contributed by atoms with E-state index in [4.69, 9.17) is 5.73 Å². The van der Waals surface area contributed by atoms with Crippen molar-refractivity contribution in [3.05, 3.63) is 65.2 Å². The van der Waals surface area contributed by atoms with Crippen molar-refractivity contribution in [3.63, 3.8) is 0 Å². The minimum Gasteiger partial charge on any atom is -0.469 e. The molecule has 0 aliphatic carbocycles. The van der Waals surface area contributed by atoms with Gasteiger partial charge < -0.3 is 15.8 Å². The molecule has 134 valence electrons. The van der Waals surface area contributed by atoms with E-state index in [1.807, 2.05) is 43.3 Å². The van der Waals surface area contributed by atoms with Crippen molar-refractivity contribution in [2.75, 3.05) is 12.4 Å². The molecule has 0 spiro atoms. The van der Waals surface area contributed by atoms with Gasteiger partial charge in [0.2, 0.25) is 5.91 Å². The molecule has 0 fully saturated rings. The molecule has 2 aromatic rings. The van der Waals surface area contributed by atoms with Crippen molar-refractivity contribution in [2.45, 2.75) is 25.8 Å². The Hall–Kier alpha value is -2.37. The van der Waals surface area contributed by atoms with E-state index in [1.54, 1.807) is 12.1 Å². The number of hydrogen-bond donors (Lipinski definition) is 2. The third-order valence-corrected chi connectivity index (χ3v) is 3.79. The van der Waals surface area contributed by atoms with E-state index in [1.165, 1.54) is 7.11 Å². The van der Waals surface area contributed by atoms with Crippen LogP contribution in [0.4, 0.5) is 5.69 Å². The van der Waals surface area contributed by atoms with Gasteiger partial charge in [-0.1, -0.05) is 42.0 Å². The Morgan fingerprint density at radius 1 is 1.08 bits per heavy atom. The minimum atomic E-state index is -0.718. The normalized spacial score (nSPS) is 11.2. The Kier molecular flexibility index (Phi) is 8.11. The van der Waals surface area contributed by atoms with Crippen molar-refractivity contribution in [1.82, 2.24) is 0 Å². The van der Waals surface area contributed by atoms with Gasteiger partial charge in [0.15, 0.2) is 0 Å². The highest BCUT2D eigenvalue weighted by atomic mass is 35.5. The molecule has 0 saturated heterocycles. The van der Waals surface area contributed by atoms with Gasteiger partial charge in [-0.15, -0.1) is 12.4 Å². The van der Waals surface area contributed by atoms with Crippen molar-refractivity contribution >= 4 is 30.0 Å². The zero-order chi connectivity index (χ0) is 17.5. The molecule has 2 rings (SSSR count). The SMILES string of the molecule is COC(=O)CCc1ccc(NC(=O)C(N)c2ccc(C)cc2)cc1.Cl. The first-order valence-electron chi connectivity index (χ1n) is 7.78. The molecule has 0 bridgehead atoms. The number of ether oxygens (including phenoxy) is 1. The zero-order valence-corrected chi connectivity index (χ0v) is 15.1. The summed E-state index contributed by atoms with van der Waals surface area (Å²) >= 11 is 0. The van der Waals surface area contributed by atoms with Gasteiger partial charge in [-0.2, -0.15) is 0 Å². The van der Waals surface area contributed by atoms with E-state index in [2.05, 4.69) is 10.1 Å². The van der Waals surface area contributed by atoms with Crippen LogP contribution in [0.1, 0.15) is 29.2 Å². The summed E-state index contributed by atoms with van der Waals surface area (Å²) in [6, 6.07) is 14.2. The molecule has 1 unspecified atom stereocenters. The van der Waals surface area contributed by atoms with Crippen LogP contribution in [0, 0.1) is 6.92 Å². The van der Waals surface area contributed by atoms with Crippen LogP contribution < -0.4 is 11.1 Å². The van der Waals surface area contributed by atoms with E-state index >= 15 is 0 Å². The highest BCUT2D eigenvalue weighted by Gasteiger charge is 2.15. The van der Waals surface area contributed by atoms with Gasteiger partial charge in [-0.05, 0) is 36.6 Å². The quantitative estimate of drug-likeness (QED) is 0.773. The van der Waals surface area contributed by atoms with Crippen LogP contribution in [0.25, 0.3) is 0 Å². The number of benzene rings is 2. The van der Waals surface area contributed by atoms with E-state index in [9.17, 15) is 9.59 Å². The summed E-state index contributed by atoms with van der Waals surface area (Å²) in [7, 11) is 1.37. The second kappa shape index (κ2) is 9.81. The number of amides is 1. The van der Waals surface area contributed by atoms with Gasteiger partial charge in [0.25, 0.3) is 0 Å². The largest absolute Gasteiger partial charge is 0.469 e. The van der Waals surface area contributed by atoms with Crippen LogP contribution in [0.5, 0.6) is 0 Å². The Morgan fingerprint density at radius 3 is 2.24 bits per heavy atom. The van der Waals surface area contributed by atoms with Crippen molar-refractivity contribution in [1.29, 1.82) is 0 Å². The van der Waals surface area contributed by atoms with Gasteiger partial charge in [-0.3, -0.25) is 9.59 Å². The van der Waals surface area contributed by atoms with Gasteiger partial charge in [0.05, 0.1) is 7.11 Å². The van der Waals surface area contributed by atoms with Crippen LogP contribution in [0.15, 0.2) is 48.5 Å². The molecule has 25 heavy (non-hydrogen) atoms. The van der Waals surface area contributed by atoms with Crippen LogP contribution in [0.2, 0.25) is 0 Å². The average Bonchev–Trinajstić information content (AvgIpc) is 2.60. The average molecular weight is 363 g/mol. The number of hydrogen-bond acceptors (Lipinski definition) is 4. The number of nitrogens with one attached hydrogen (secondary N) is 1. The topological polar surface area (TPSA) is 81.4 Å². The molecule has 0 saturated carbocycles. The van der Waals surface area contributed by atoms with Crippen molar-refractivity contribution in [2.24, 2.45) is 5.73 Å². The predicted molar refractivity (Wildman–Crippen MR) is 101 cm³/mol. The summed E-state index contributed by atoms with van der Waals surface area (Å²) in [6.45, 7) is 1.98. The molecule has 3 N–H and O–H groups in total. The Balaban J connectivity index is 0.00000312. The van der Waals surface area contributed by atoms with Gasteiger partial charge >= 0.3 is 5.97 Å². The lowest BCUT2D eigenvalue weighted by Gasteiger charge is -2.13. The molecule has 0 aliphatic heterocycles. The number of nitrogens with two attached hydrogens (primary N) is 1. The molecule has 0 aliphatic rings. The lowest BCUT2D eigenvalue weighted by atomic mass is 10.0. The number of aryl methyl sites for hydroxylation is 2. The third kappa shape index (κ3) is 6.21. The van der Waals surface area contributed by atoms with Crippen LogP contribution >= 0.6 is 12.4 Å².